The Hall–Kier alpha value is -1.03. The molecule has 0 saturated heterocycles. The second-order valence-electron chi connectivity index (χ2n) is 5.07. The highest BCUT2D eigenvalue weighted by molar-refractivity contribution is 5.25. The van der Waals surface area contributed by atoms with E-state index < -0.39 is 17.5 Å². The van der Waals surface area contributed by atoms with Gasteiger partial charge in [-0.15, -0.1) is 0 Å². The molecular weight excluding hydrogens is 239 g/mol. The van der Waals surface area contributed by atoms with Crippen molar-refractivity contribution >= 4 is 0 Å². The lowest BCUT2D eigenvalue weighted by molar-refractivity contribution is 0.404. The number of rotatable bonds is 5. The first kappa shape index (κ1) is 13.4. The summed E-state index contributed by atoms with van der Waals surface area (Å²) in [5.74, 6) is -2.73. The summed E-state index contributed by atoms with van der Waals surface area (Å²) in [6.45, 7) is 4.84. The van der Waals surface area contributed by atoms with E-state index >= 15 is 0 Å². The smallest absolute Gasteiger partial charge is 0.194 e. The maximum Gasteiger partial charge on any atom is 0.194 e. The van der Waals surface area contributed by atoms with Crippen molar-refractivity contribution in [2.75, 3.05) is 6.54 Å². The molecular formula is C14H18F3N. The lowest BCUT2D eigenvalue weighted by Gasteiger charge is -2.20. The molecule has 3 atom stereocenters. The average molecular weight is 257 g/mol. The van der Waals surface area contributed by atoms with Crippen molar-refractivity contribution in [1.82, 2.24) is 5.32 Å². The van der Waals surface area contributed by atoms with Crippen molar-refractivity contribution in [1.29, 1.82) is 0 Å². The maximum absolute atomic E-state index is 13.8. The molecule has 0 amide bonds. The summed E-state index contributed by atoms with van der Waals surface area (Å²) in [6, 6.07) is 2.14. The predicted octanol–water partition coefficient (Wildman–Crippen LogP) is 3.80. The standard InChI is InChI=1S/C14H18F3N/c1-3-6-18-14(10-7-8(10)2)9-4-5-11(15)13(17)12(9)16/h4-5,8,10,14,18H,3,6-7H2,1-2H3. The van der Waals surface area contributed by atoms with Crippen LogP contribution in [-0.4, -0.2) is 6.54 Å². The van der Waals surface area contributed by atoms with Gasteiger partial charge in [-0.25, -0.2) is 13.2 Å². The number of nitrogens with one attached hydrogen (secondary N) is 1. The molecule has 0 aliphatic heterocycles. The minimum atomic E-state index is -1.37. The van der Waals surface area contributed by atoms with Crippen LogP contribution in [0.1, 0.15) is 38.3 Å². The van der Waals surface area contributed by atoms with E-state index in [1.54, 1.807) is 0 Å². The van der Waals surface area contributed by atoms with Crippen LogP contribution in [0.25, 0.3) is 0 Å². The second-order valence-corrected chi connectivity index (χ2v) is 5.07. The van der Waals surface area contributed by atoms with Gasteiger partial charge in [-0.05, 0) is 37.3 Å². The summed E-state index contributed by atoms with van der Waals surface area (Å²) in [4.78, 5) is 0. The molecule has 1 fully saturated rings. The Morgan fingerprint density at radius 2 is 1.94 bits per heavy atom. The van der Waals surface area contributed by atoms with Gasteiger partial charge < -0.3 is 5.32 Å². The van der Waals surface area contributed by atoms with Crippen LogP contribution in [0, 0.1) is 29.3 Å². The molecule has 0 bridgehead atoms. The molecule has 18 heavy (non-hydrogen) atoms. The quantitative estimate of drug-likeness (QED) is 0.791. The largest absolute Gasteiger partial charge is 0.310 e. The zero-order chi connectivity index (χ0) is 13.3. The van der Waals surface area contributed by atoms with E-state index in [0.29, 0.717) is 11.8 Å². The van der Waals surface area contributed by atoms with Crippen LogP contribution in [0.5, 0.6) is 0 Å². The van der Waals surface area contributed by atoms with Gasteiger partial charge in [0, 0.05) is 11.6 Å². The highest BCUT2D eigenvalue weighted by Crippen LogP contribution is 2.47. The molecule has 4 heteroatoms. The lowest BCUT2D eigenvalue weighted by Crippen LogP contribution is -2.25. The maximum atomic E-state index is 13.8. The first-order chi connectivity index (χ1) is 8.56. The van der Waals surface area contributed by atoms with Gasteiger partial charge in [0.05, 0.1) is 0 Å². The van der Waals surface area contributed by atoms with Gasteiger partial charge in [-0.2, -0.15) is 0 Å². The molecule has 1 nitrogen and oxygen atoms in total. The van der Waals surface area contributed by atoms with Crippen LogP contribution >= 0.6 is 0 Å². The number of halogens is 3. The average Bonchev–Trinajstić information content (AvgIpc) is 3.06. The SMILES string of the molecule is CCCNC(c1ccc(F)c(F)c1F)C1CC1C. The van der Waals surface area contributed by atoms with Gasteiger partial charge in [0.15, 0.2) is 17.5 Å². The van der Waals surface area contributed by atoms with Crippen molar-refractivity contribution in [3.05, 3.63) is 35.1 Å². The molecule has 0 heterocycles. The van der Waals surface area contributed by atoms with Crippen molar-refractivity contribution in [3.8, 4) is 0 Å². The molecule has 1 aromatic rings. The number of benzene rings is 1. The molecule has 0 aromatic heterocycles. The Morgan fingerprint density at radius 1 is 1.28 bits per heavy atom. The topological polar surface area (TPSA) is 12.0 Å². The Bertz CT molecular complexity index is 433. The Kier molecular flexibility index (Phi) is 3.95. The third-order valence-electron chi connectivity index (χ3n) is 3.61. The fraction of sp³-hybridized carbons (Fsp3) is 0.571. The van der Waals surface area contributed by atoms with Crippen LogP contribution in [0.15, 0.2) is 12.1 Å². The molecule has 1 N–H and O–H groups in total. The second kappa shape index (κ2) is 5.31. The Morgan fingerprint density at radius 3 is 2.50 bits per heavy atom. The monoisotopic (exact) mass is 257 g/mol. The summed E-state index contributed by atoms with van der Waals surface area (Å²) < 4.78 is 40.0. The third-order valence-corrected chi connectivity index (χ3v) is 3.61. The van der Waals surface area contributed by atoms with Gasteiger partial charge >= 0.3 is 0 Å². The summed E-state index contributed by atoms with van der Waals surface area (Å²) in [5, 5.41) is 3.24. The highest BCUT2D eigenvalue weighted by atomic mass is 19.2. The fourth-order valence-electron chi connectivity index (χ4n) is 2.39. The number of hydrogen-bond acceptors (Lipinski definition) is 1. The zero-order valence-electron chi connectivity index (χ0n) is 10.6. The van der Waals surface area contributed by atoms with E-state index in [1.165, 1.54) is 6.07 Å². The molecule has 0 spiro atoms. The molecule has 3 unspecified atom stereocenters. The van der Waals surface area contributed by atoms with Gasteiger partial charge in [-0.3, -0.25) is 0 Å². The summed E-state index contributed by atoms with van der Waals surface area (Å²) in [6.07, 6.45) is 1.92. The van der Waals surface area contributed by atoms with Crippen molar-refractivity contribution in [3.63, 3.8) is 0 Å². The summed E-state index contributed by atoms with van der Waals surface area (Å²) in [5.41, 5.74) is 0.247. The third kappa shape index (κ3) is 2.53. The number of hydrogen-bond donors (Lipinski definition) is 1. The van der Waals surface area contributed by atoms with Crippen molar-refractivity contribution in [2.24, 2.45) is 11.8 Å². The minimum Gasteiger partial charge on any atom is -0.310 e. The van der Waals surface area contributed by atoms with Gasteiger partial charge in [0.1, 0.15) is 0 Å². The first-order valence-corrected chi connectivity index (χ1v) is 6.43. The van der Waals surface area contributed by atoms with Crippen LogP contribution in [0.4, 0.5) is 13.2 Å². The minimum absolute atomic E-state index is 0.213. The zero-order valence-corrected chi connectivity index (χ0v) is 10.6. The lowest BCUT2D eigenvalue weighted by atomic mass is 10.00. The van der Waals surface area contributed by atoms with Crippen LogP contribution in [-0.2, 0) is 0 Å². The van der Waals surface area contributed by atoms with Crippen LogP contribution in [0.3, 0.4) is 0 Å². The molecule has 1 aliphatic carbocycles. The van der Waals surface area contributed by atoms with E-state index in [4.69, 9.17) is 0 Å². The van der Waals surface area contributed by atoms with E-state index in [0.717, 1.165) is 25.5 Å². The highest BCUT2D eigenvalue weighted by Gasteiger charge is 2.41. The van der Waals surface area contributed by atoms with Crippen LogP contribution in [0.2, 0.25) is 0 Å². The van der Waals surface area contributed by atoms with Crippen molar-refractivity contribution < 1.29 is 13.2 Å². The van der Waals surface area contributed by atoms with Crippen molar-refractivity contribution in [2.45, 2.75) is 32.7 Å². The summed E-state index contributed by atoms with van der Waals surface area (Å²) in [7, 11) is 0. The molecule has 1 aromatic carbocycles. The Labute approximate surface area is 105 Å². The Balaban J connectivity index is 2.27. The predicted molar refractivity (Wildman–Crippen MR) is 64.6 cm³/mol. The molecule has 1 saturated carbocycles. The summed E-state index contributed by atoms with van der Waals surface area (Å²) >= 11 is 0. The van der Waals surface area contributed by atoms with Crippen LogP contribution < -0.4 is 5.32 Å². The first-order valence-electron chi connectivity index (χ1n) is 6.43. The molecule has 100 valence electrons. The van der Waals surface area contributed by atoms with Gasteiger partial charge in [0.25, 0.3) is 0 Å². The van der Waals surface area contributed by atoms with Gasteiger partial charge in [0.2, 0.25) is 0 Å². The fourth-order valence-corrected chi connectivity index (χ4v) is 2.39. The molecule has 2 rings (SSSR count). The molecule has 0 radical (unpaired) electrons. The van der Waals surface area contributed by atoms with E-state index in [9.17, 15) is 13.2 Å². The van der Waals surface area contributed by atoms with E-state index in [2.05, 4.69) is 12.2 Å². The van der Waals surface area contributed by atoms with E-state index in [-0.39, 0.29) is 11.6 Å². The van der Waals surface area contributed by atoms with E-state index in [1.807, 2.05) is 6.92 Å². The van der Waals surface area contributed by atoms with Gasteiger partial charge in [-0.1, -0.05) is 19.9 Å². The molecule has 1 aliphatic rings. The normalized spacial score (nSPS) is 24.1.